The van der Waals surface area contributed by atoms with Crippen LogP contribution in [0.2, 0.25) is 84.6 Å². The fourth-order valence-electron chi connectivity index (χ4n) is 9.58. The van der Waals surface area contributed by atoms with E-state index in [-0.39, 0.29) is 0 Å². The first kappa shape index (κ1) is 41.8. The minimum atomic E-state index is -1.75. The summed E-state index contributed by atoms with van der Waals surface area (Å²) in [6, 6.07) is 3.26. The van der Waals surface area contributed by atoms with E-state index in [9.17, 15) is 0 Å². The third-order valence-electron chi connectivity index (χ3n) is 14.5. The largest absolute Gasteiger partial charge is 0.0713 e. The third-order valence-corrected chi connectivity index (χ3v) is 240. The van der Waals surface area contributed by atoms with Crippen LogP contribution in [0.1, 0.15) is 125 Å². The van der Waals surface area contributed by atoms with Gasteiger partial charge in [-0.3, -0.25) is 0 Å². The van der Waals surface area contributed by atoms with Gasteiger partial charge < -0.3 is 0 Å². The molecule has 0 radical (unpaired) electrons. The Kier molecular flexibility index (Phi) is 11.1. The molecule has 1 rings (SSSR count). The van der Waals surface area contributed by atoms with Gasteiger partial charge in [-0.05, 0) is 57.9 Å². The van der Waals surface area contributed by atoms with E-state index < -0.39 is 57.5 Å². The molecule has 0 amide bonds. The Labute approximate surface area is 275 Å². The zero-order chi connectivity index (χ0) is 34.6. The highest BCUT2D eigenvalue weighted by Gasteiger charge is 2.88. The van der Waals surface area contributed by atoms with Crippen molar-refractivity contribution in [2.24, 2.45) is 10.8 Å². The Morgan fingerprint density at radius 1 is 0.333 bits per heavy atom. The minimum absolute atomic E-state index is 0.448. The quantitative estimate of drug-likeness (QED) is 0.240. The van der Waals surface area contributed by atoms with Crippen LogP contribution in [0.25, 0.3) is 0 Å². The van der Waals surface area contributed by atoms with Gasteiger partial charge in [-0.15, -0.1) is 0 Å². The molecule has 1 aliphatic rings. The lowest BCUT2D eigenvalue weighted by molar-refractivity contribution is 0.463. The van der Waals surface area contributed by atoms with Crippen LogP contribution < -0.4 is 0 Å². The van der Waals surface area contributed by atoms with Gasteiger partial charge in [-0.2, -0.15) is 0 Å². The van der Waals surface area contributed by atoms with Gasteiger partial charge in [0.05, 0.1) is 0 Å². The summed E-state index contributed by atoms with van der Waals surface area (Å²) in [7, 11) is -7.72. The van der Waals surface area contributed by atoms with Crippen LogP contribution in [0, 0.1) is 10.8 Å². The maximum absolute atomic E-state index is 3.07. The van der Waals surface area contributed by atoms with Crippen LogP contribution in [-0.4, -0.2) is 57.5 Å². The summed E-state index contributed by atoms with van der Waals surface area (Å²) in [6.07, 6.45) is -3.51. The lowest BCUT2D eigenvalue weighted by atomic mass is 10.0. The highest BCUT2D eigenvalue weighted by molar-refractivity contribution is 8.34. The summed E-state index contributed by atoms with van der Waals surface area (Å²) in [5.41, 5.74) is 0.902. The van der Waals surface area contributed by atoms with Gasteiger partial charge in [0.1, 0.15) is 0 Å². The average Bonchev–Trinajstić information content (AvgIpc) is 2.62. The molecule has 1 aliphatic heterocycles. The number of hydrogen-bond donors (Lipinski definition) is 0. The average molecular weight is 716 g/mol. The molecule has 0 aromatic carbocycles. The third kappa shape index (κ3) is 5.86. The Balaban J connectivity index is 5.25. The molecule has 0 fully saturated rings. The monoisotopic (exact) mass is 714 g/mol. The van der Waals surface area contributed by atoms with Crippen molar-refractivity contribution in [3.63, 3.8) is 0 Å². The maximum atomic E-state index is 3.07. The van der Waals surface area contributed by atoms with E-state index in [4.69, 9.17) is 0 Å². The van der Waals surface area contributed by atoms with E-state index in [0.29, 0.717) is 31.0 Å². The molecule has 0 bridgehead atoms. The van der Waals surface area contributed by atoms with E-state index in [1.54, 1.807) is 12.1 Å². The second kappa shape index (κ2) is 11.1. The van der Waals surface area contributed by atoms with E-state index in [1.807, 2.05) is 0 Å². The van der Waals surface area contributed by atoms with Gasteiger partial charge in [-0.1, -0.05) is 177 Å². The zero-order valence-electron chi connectivity index (χ0n) is 34.4. The molecule has 0 aromatic rings. The molecule has 250 valence electrons. The first-order chi connectivity index (χ1) is 17.7. The van der Waals surface area contributed by atoms with Gasteiger partial charge in [0.25, 0.3) is 0 Å². The molecular formula is C34H82Si8. The van der Waals surface area contributed by atoms with Crippen LogP contribution in [-0.2, 0) is 0 Å². The molecule has 0 aliphatic carbocycles. The summed E-state index contributed by atoms with van der Waals surface area (Å²) in [5.74, 6) is 0. The molecule has 0 spiro atoms. The molecule has 8 heteroatoms. The zero-order valence-corrected chi connectivity index (χ0v) is 42.4. The second-order valence-electron chi connectivity index (χ2n) is 23.4. The molecule has 42 heavy (non-hydrogen) atoms. The fourth-order valence-corrected chi connectivity index (χ4v) is 458. The molecule has 0 unspecified atom stereocenters. The van der Waals surface area contributed by atoms with Crippen molar-refractivity contribution in [2.45, 2.75) is 209 Å². The summed E-state index contributed by atoms with van der Waals surface area (Å²) < 4.78 is 0. The van der Waals surface area contributed by atoms with Crippen LogP contribution in [0.15, 0.2) is 0 Å². The highest BCUT2D eigenvalue weighted by atomic mass is 30.6. The standard InChI is InChI=1S/C34H82Si8/c1-29(2,3)27-35-36(28-30(4,5)6)42(39(23,24)33(13,14)15,40(25,26)34(16,17)18)41(35,37(19,20)31(7,8)9)38(21,22)32(10,11)12/h27-28H2,1-26H3. The van der Waals surface area contributed by atoms with E-state index in [0.717, 1.165) is 0 Å². The van der Waals surface area contributed by atoms with E-state index in [2.05, 4.69) is 177 Å². The highest BCUT2D eigenvalue weighted by Crippen LogP contribution is 2.67. The van der Waals surface area contributed by atoms with Crippen LogP contribution in [0.3, 0.4) is 0 Å². The van der Waals surface area contributed by atoms with Crippen molar-refractivity contribution in [3.05, 3.63) is 0 Å². The summed E-state index contributed by atoms with van der Waals surface area (Å²) in [4.78, 5) is 0. The van der Waals surface area contributed by atoms with Crippen molar-refractivity contribution >= 4 is 57.5 Å². The van der Waals surface area contributed by atoms with Crippen LogP contribution >= 0.6 is 0 Å². The Bertz CT molecular complexity index is 898. The van der Waals surface area contributed by atoms with Gasteiger partial charge in [-0.25, -0.2) is 0 Å². The van der Waals surface area contributed by atoms with Gasteiger partial charge in [0, 0.05) is 42.7 Å². The smallest absolute Gasteiger partial charge is 0.0424 e. The normalized spacial score (nSPS) is 20.1. The topological polar surface area (TPSA) is 0 Å². The van der Waals surface area contributed by atoms with Crippen molar-refractivity contribution < 1.29 is 0 Å². The van der Waals surface area contributed by atoms with Crippen molar-refractivity contribution in [2.75, 3.05) is 0 Å². The maximum Gasteiger partial charge on any atom is 0.0424 e. The molecule has 0 saturated carbocycles. The second-order valence-corrected chi connectivity index (χ2v) is 109. The van der Waals surface area contributed by atoms with Crippen molar-refractivity contribution in [1.82, 2.24) is 0 Å². The van der Waals surface area contributed by atoms with Crippen LogP contribution in [0.4, 0.5) is 0 Å². The van der Waals surface area contributed by atoms with Crippen molar-refractivity contribution in [3.8, 4) is 0 Å². The first-order valence-electron chi connectivity index (χ1n) is 17.4. The van der Waals surface area contributed by atoms with Crippen molar-refractivity contribution in [1.29, 1.82) is 0 Å². The summed E-state index contributed by atoms with van der Waals surface area (Å²) in [5, 5.41) is 1.89. The predicted molar refractivity (Wildman–Crippen MR) is 220 cm³/mol. The number of hydrogen-bond acceptors (Lipinski definition) is 0. The van der Waals surface area contributed by atoms with Crippen LogP contribution in [0.5, 0.6) is 0 Å². The summed E-state index contributed by atoms with van der Waals surface area (Å²) >= 11 is 0. The molecule has 0 saturated heterocycles. The van der Waals surface area contributed by atoms with Gasteiger partial charge >= 0.3 is 0 Å². The molecule has 0 nitrogen and oxygen atoms in total. The SMILES string of the molecule is CC(C)(C)C[Si]1=[Si](CC(C)(C)C)[Si]([Si](C)(C)C(C)(C)C)([Si](C)(C)C(C)(C)C)[Si]1([Si](C)(C)C(C)(C)C)[Si](C)(C)C(C)(C)C. The van der Waals surface area contributed by atoms with E-state index >= 15 is 0 Å². The molecule has 0 atom stereocenters. The lowest BCUT2D eigenvalue weighted by Crippen LogP contribution is -3.12. The summed E-state index contributed by atoms with van der Waals surface area (Å²) in [6.45, 7) is 73.7. The Morgan fingerprint density at radius 2 is 0.476 bits per heavy atom. The molecule has 0 aromatic heterocycles. The molecule has 1 heterocycles. The first-order valence-corrected chi connectivity index (χ1v) is 44.8. The fraction of sp³-hybridized carbons (Fsp3) is 1.00. The lowest BCUT2D eigenvalue weighted by Gasteiger charge is -2.84. The van der Waals surface area contributed by atoms with E-state index in [1.165, 1.54) is 0 Å². The molecule has 0 N–H and O–H groups in total. The predicted octanol–water partition coefficient (Wildman–Crippen LogP) is 12.6. The van der Waals surface area contributed by atoms with Gasteiger partial charge in [0.2, 0.25) is 0 Å². The Morgan fingerprint density at radius 3 is 0.571 bits per heavy atom. The Hall–Kier alpha value is 1.74. The molecular weight excluding hydrogens is 633 g/mol. The number of rotatable bonds is 6. The van der Waals surface area contributed by atoms with Gasteiger partial charge in [0.15, 0.2) is 0 Å². The minimum Gasteiger partial charge on any atom is -0.0713 e.